The summed E-state index contributed by atoms with van der Waals surface area (Å²) in [6.45, 7) is 0.0563. The second-order valence-corrected chi connectivity index (χ2v) is 10.6. The van der Waals surface area contributed by atoms with Gasteiger partial charge in [0.1, 0.15) is 24.5 Å². The van der Waals surface area contributed by atoms with Crippen molar-refractivity contribution in [3.05, 3.63) is 77.9 Å². The number of ether oxygens (including phenoxy) is 1. The van der Waals surface area contributed by atoms with E-state index in [1.807, 2.05) is 48.5 Å². The Morgan fingerprint density at radius 3 is 2.47 bits per heavy atom. The molecule has 5 amide bonds. The second-order valence-electron chi connectivity index (χ2n) is 10.6. The van der Waals surface area contributed by atoms with Gasteiger partial charge in [-0.3, -0.25) is 9.59 Å². The normalized spacial score (nSPS) is 18.3. The van der Waals surface area contributed by atoms with E-state index in [0.717, 1.165) is 21.9 Å². The number of nitrogens with zero attached hydrogens (tertiary/aromatic N) is 6. The number of carbonyl (C=O) groups is 4. The summed E-state index contributed by atoms with van der Waals surface area (Å²) < 4.78 is 5.31. The van der Waals surface area contributed by atoms with Gasteiger partial charge in [0.15, 0.2) is 0 Å². The number of urea groups is 1. The summed E-state index contributed by atoms with van der Waals surface area (Å²) in [6, 6.07) is 21.3. The molecule has 2 aliphatic rings. The molecule has 2 heterocycles. The average molecular weight is 584 g/mol. The van der Waals surface area contributed by atoms with Gasteiger partial charge in [0.25, 0.3) is 0 Å². The van der Waals surface area contributed by atoms with Crippen molar-refractivity contribution in [1.29, 1.82) is 5.26 Å². The van der Waals surface area contributed by atoms with E-state index in [1.165, 1.54) is 21.9 Å². The number of nitriles is 1. The van der Waals surface area contributed by atoms with Crippen LogP contribution in [-0.4, -0.2) is 102 Å². The third-order valence-corrected chi connectivity index (χ3v) is 7.71. The summed E-state index contributed by atoms with van der Waals surface area (Å²) in [5, 5.41) is 16.9. The molecule has 43 heavy (non-hydrogen) atoms. The number of carbonyl (C=O) groups excluding carboxylic acids is 4. The molecule has 0 bridgehead atoms. The molecule has 3 aromatic carbocycles. The van der Waals surface area contributed by atoms with Crippen LogP contribution in [0.2, 0.25) is 0 Å². The summed E-state index contributed by atoms with van der Waals surface area (Å²) in [4.78, 5) is 56.9. The molecule has 0 saturated carbocycles. The van der Waals surface area contributed by atoms with Crippen LogP contribution in [0, 0.1) is 11.3 Å². The second kappa shape index (κ2) is 12.4. The van der Waals surface area contributed by atoms with Gasteiger partial charge in [-0.25, -0.2) is 14.6 Å². The molecule has 1 N–H and O–H groups in total. The topological polar surface area (TPSA) is 130 Å². The molecule has 0 aromatic heterocycles. The number of fused-ring (bicyclic) bond motifs is 2. The van der Waals surface area contributed by atoms with Gasteiger partial charge in [-0.05, 0) is 34.0 Å². The third kappa shape index (κ3) is 5.93. The van der Waals surface area contributed by atoms with E-state index in [1.54, 1.807) is 48.3 Å². The van der Waals surface area contributed by atoms with E-state index in [4.69, 9.17) is 4.74 Å². The molecule has 222 valence electrons. The average Bonchev–Trinajstić information content (AvgIpc) is 3.33. The zero-order valence-electron chi connectivity index (χ0n) is 24.3. The first kappa shape index (κ1) is 29.3. The van der Waals surface area contributed by atoms with Gasteiger partial charge < -0.3 is 24.8 Å². The quantitative estimate of drug-likeness (QED) is 0.423. The van der Waals surface area contributed by atoms with Gasteiger partial charge in [0.2, 0.25) is 11.8 Å². The van der Waals surface area contributed by atoms with Crippen LogP contribution < -0.4 is 10.1 Å². The van der Waals surface area contributed by atoms with Gasteiger partial charge in [-0.1, -0.05) is 54.6 Å². The minimum absolute atomic E-state index is 0.148. The van der Waals surface area contributed by atoms with Gasteiger partial charge in [-0.15, -0.1) is 0 Å². The molecule has 5 rings (SSSR count). The number of hydrogen-bond acceptors (Lipinski definition) is 7. The van der Waals surface area contributed by atoms with Gasteiger partial charge >= 0.3 is 12.1 Å². The highest BCUT2D eigenvalue weighted by atomic mass is 16.6. The highest BCUT2D eigenvalue weighted by Gasteiger charge is 2.52. The molecule has 0 radical (unpaired) electrons. The number of rotatable bonds is 7. The Kier molecular flexibility index (Phi) is 8.45. The maximum atomic E-state index is 14.1. The Morgan fingerprint density at radius 2 is 1.77 bits per heavy atom. The van der Waals surface area contributed by atoms with E-state index in [2.05, 4.69) is 5.32 Å². The van der Waals surface area contributed by atoms with Crippen molar-refractivity contribution in [1.82, 2.24) is 30.0 Å². The molecule has 0 aliphatic carbocycles. The van der Waals surface area contributed by atoms with Crippen LogP contribution >= 0.6 is 0 Å². The molecule has 0 unspecified atom stereocenters. The Hall–Kier alpha value is -5.15. The van der Waals surface area contributed by atoms with E-state index in [9.17, 15) is 24.4 Å². The van der Waals surface area contributed by atoms with Crippen molar-refractivity contribution in [2.24, 2.45) is 0 Å². The van der Waals surface area contributed by atoms with Crippen LogP contribution in [0.15, 0.2) is 66.7 Å². The SMILES string of the molecule is CNC(=O)N(CC#N)N1CC(=O)N2[C@@H](Cc3ccc(OC(=O)N(C)C)cc3)C(=O)N(Cc3cccc4ccccc34)C[C@@H]21. The molecule has 0 spiro atoms. The number of amides is 5. The third-order valence-electron chi connectivity index (χ3n) is 7.71. The monoisotopic (exact) mass is 583 g/mol. The van der Waals surface area contributed by atoms with Crippen molar-refractivity contribution in [3.63, 3.8) is 0 Å². The minimum Gasteiger partial charge on any atom is -0.410 e. The molecule has 2 saturated heterocycles. The van der Waals surface area contributed by atoms with Crippen molar-refractivity contribution in [2.45, 2.75) is 25.2 Å². The zero-order chi connectivity index (χ0) is 30.7. The number of nitrogens with one attached hydrogen (secondary N) is 1. The number of piperazine rings is 1. The standard InChI is InChI=1S/C31H33N7O5/c1-33-30(41)36(16-15-32)37-20-28(39)38-26(17-21-11-13-24(14-12-21)43-31(42)34(2)3)29(40)35(19-27(37)38)18-23-9-6-8-22-7-4-5-10-25(22)23/h4-14,26-27H,16-20H2,1-3H3,(H,33,41)/t26-,27+/m0/s1. The summed E-state index contributed by atoms with van der Waals surface area (Å²) in [6.07, 6.45) is -0.958. The molecule has 3 aromatic rings. The summed E-state index contributed by atoms with van der Waals surface area (Å²) >= 11 is 0. The lowest BCUT2D eigenvalue weighted by molar-refractivity contribution is -0.157. The van der Waals surface area contributed by atoms with Crippen LogP contribution in [0.4, 0.5) is 9.59 Å². The van der Waals surface area contributed by atoms with Crippen LogP contribution in [0.25, 0.3) is 10.8 Å². The summed E-state index contributed by atoms with van der Waals surface area (Å²) in [7, 11) is 4.63. The highest BCUT2D eigenvalue weighted by molar-refractivity contribution is 5.92. The maximum absolute atomic E-state index is 14.1. The van der Waals surface area contributed by atoms with Gasteiger partial charge in [0, 0.05) is 34.1 Å². The first-order valence-corrected chi connectivity index (χ1v) is 13.9. The first-order chi connectivity index (χ1) is 20.7. The maximum Gasteiger partial charge on any atom is 0.414 e. The van der Waals surface area contributed by atoms with Crippen LogP contribution in [0.3, 0.4) is 0 Å². The number of hydrazine groups is 1. The lowest BCUT2D eigenvalue weighted by atomic mass is 9.99. The predicted molar refractivity (Wildman–Crippen MR) is 157 cm³/mol. The van der Waals surface area contributed by atoms with Crippen molar-refractivity contribution in [3.8, 4) is 11.8 Å². The van der Waals surface area contributed by atoms with Gasteiger partial charge in [0.05, 0.1) is 19.2 Å². The molecule has 2 fully saturated rings. The Bertz CT molecular complexity index is 1580. The van der Waals surface area contributed by atoms with Crippen molar-refractivity contribution < 1.29 is 23.9 Å². The van der Waals surface area contributed by atoms with Crippen molar-refractivity contribution in [2.75, 3.05) is 40.8 Å². The van der Waals surface area contributed by atoms with Crippen LogP contribution in [0.5, 0.6) is 5.75 Å². The lowest BCUT2D eigenvalue weighted by Gasteiger charge is -2.46. The van der Waals surface area contributed by atoms with Crippen LogP contribution in [-0.2, 0) is 22.6 Å². The van der Waals surface area contributed by atoms with E-state index in [0.29, 0.717) is 12.3 Å². The molecular formula is C31H33N7O5. The molecular weight excluding hydrogens is 550 g/mol. The van der Waals surface area contributed by atoms with E-state index in [-0.39, 0.29) is 37.9 Å². The Labute approximate surface area is 249 Å². The summed E-state index contributed by atoms with van der Waals surface area (Å²) in [5.41, 5.74) is 1.72. The van der Waals surface area contributed by atoms with E-state index >= 15 is 0 Å². The van der Waals surface area contributed by atoms with Crippen LogP contribution in [0.1, 0.15) is 11.1 Å². The lowest BCUT2D eigenvalue weighted by Crippen LogP contribution is -2.65. The molecule has 2 aliphatic heterocycles. The molecule has 12 nitrogen and oxygen atoms in total. The van der Waals surface area contributed by atoms with Crippen molar-refractivity contribution >= 4 is 34.7 Å². The smallest absolute Gasteiger partial charge is 0.410 e. The highest BCUT2D eigenvalue weighted by Crippen LogP contribution is 2.31. The minimum atomic E-state index is -0.852. The molecule has 2 atom stereocenters. The molecule has 12 heteroatoms. The summed E-state index contributed by atoms with van der Waals surface area (Å²) in [5.74, 6) is -0.167. The number of benzene rings is 3. The fourth-order valence-electron chi connectivity index (χ4n) is 5.61. The van der Waals surface area contributed by atoms with E-state index < -0.39 is 24.3 Å². The Morgan fingerprint density at radius 1 is 1.05 bits per heavy atom. The number of hydrogen-bond donors (Lipinski definition) is 1. The Balaban J connectivity index is 1.48. The fraction of sp³-hybridized carbons (Fsp3) is 0.323. The largest absolute Gasteiger partial charge is 0.414 e. The first-order valence-electron chi connectivity index (χ1n) is 13.9. The van der Waals surface area contributed by atoms with Gasteiger partial charge in [-0.2, -0.15) is 10.3 Å². The predicted octanol–water partition coefficient (Wildman–Crippen LogP) is 2.40. The fourth-order valence-corrected chi connectivity index (χ4v) is 5.61. The zero-order valence-corrected chi connectivity index (χ0v) is 24.3.